The van der Waals surface area contributed by atoms with E-state index < -0.39 is 5.97 Å². The van der Waals surface area contributed by atoms with Crippen LogP contribution in [-0.2, 0) is 16.1 Å². The van der Waals surface area contributed by atoms with Crippen molar-refractivity contribution in [3.63, 3.8) is 0 Å². The summed E-state index contributed by atoms with van der Waals surface area (Å²) in [5, 5.41) is 10.4. The largest absolute Gasteiger partial charge is 0.461 e. The molecule has 1 amide bonds. The highest BCUT2D eigenvalue weighted by Gasteiger charge is 2.34. The SMILES string of the molecule is CCOC(=O)c1nnn(CCC(=O)NC)c1C1CC1. The van der Waals surface area contributed by atoms with Gasteiger partial charge < -0.3 is 10.1 Å². The maximum Gasteiger partial charge on any atom is 0.360 e. The molecule has 1 saturated carbocycles. The molecule has 1 heterocycles. The minimum atomic E-state index is -0.435. The van der Waals surface area contributed by atoms with E-state index in [0.717, 1.165) is 18.5 Å². The highest BCUT2D eigenvalue weighted by atomic mass is 16.5. The lowest BCUT2D eigenvalue weighted by Crippen LogP contribution is -2.20. The van der Waals surface area contributed by atoms with Crippen molar-refractivity contribution in [1.29, 1.82) is 0 Å². The Morgan fingerprint density at radius 2 is 2.21 bits per heavy atom. The first-order valence-electron chi connectivity index (χ1n) is 6.48. The van der Waals surface area contributed by atoms with Gasteiger partial charge in [0.05, 0.1) is 18.8 Å². The van der Waals surface area contributed by atoms with Crippen LogP contribution in [0.2, 0.25) is 0 Å². The van der Waals surface area contributed by atoms with Crippen LogP contribution < -0.4 is 5.32 Å². The molecule has 1 fully saturated rings. The molecule has 104 valence electrons. The molecule has 19 heavy (non-hydrogen) atoms. The molecule has 1 aliphatic rings. The maximum atomic E-state index is 11.8. The summed E-state index contributed by atoms with van der Waals surface area (Å²) in [5.74, 6) is -0.176. The summed E-state index contributed by atoms with van der Waals surface area (Å²) in [5.41, 5.74) is 1.10. The van der Waals surface area contributed by atoms with Crippen molar-refractivity contribution in [3.8, 4) is 0 Å². The lowest BCUT2D eigenvalue weighted by Gasteiger charge is -2.06. The summed E-state index contributed by atoms with van der Waals surface area (Å²) < 4.78 is 6.62. The molecule has 0 atom stereocenters. The van der Waals surface area contributed by atoms with E-state index in [0.29, 0.717) is 31.2 Å². The number of esters is 1. The van der Waals surface area contributed by atoms with Gasteiger partial charge in [-0.15, -0.1) is 5.10 Å². The molecule has 7 nitrogen and oxygen atoms in total. The van der Waals surface area contributed by atoms with Gasteiger partial charge in [0.25, 0.3) is 0 Å². The van der Waals surface area contributed by atoms with Gasteiger partial charge in [0.2, 0.25) is 5.91 Å². The Morgan fingerprint density at radius 3 is 2.79 bits per heavy atom. The van der Waals surface area contributed by atoms with Crippen LogP contribution in [0.4, 0.5) is 0 Å². The van der Waals surface area contributed by atoms with E-state index in [1.54, 1.807) is 18.7 Å². The fourth-order valence-corrected chi connectivity index (χ4v) is 1.92. The van der Waals surface area contributed by atoms with Gasteiger partial charge in [-0.1, -0.05) is 5.21 Å². The molecule has 0 saturated heterocycles. The number of carbonyl (C=O) groups is 2. The van der Waals surface area contributed by atoms with Gasteiger partial charge in [-0.2, -0.15) is 0 Å². The summed E-state index contributed by atoms with van der Waals surface area (Å²) in [6, 6.07) is 0. The molecule has 1 aromatic rings. The van der Waals surface area contributed by atoms with Crippen molar-refractivity contribution < 1.29 is 14.3 Å². The molecule has 0 aromatic carbocycles. The highest BCUT2D eigenvalue weighted by molar-refractivity contribution is 5.88. The van der Waals surface area contributed by atoms with Crippen molar-refractivity contribution in [2.45, 2.75) is 38.6 Å². The number of aromatic nitrogens is 3. The highest BCUT2D eigenvalue weighted by Crippen LogP contribution is 2.41. The fraction of sp³-hybridized carbons (Fsp3) is 0.667. The summed E-state index contributed by atoms with van der Waals surface area (Å²) >= 11 is 0. The first kappa shape index (κ1) is 13.5. The van der Waals surface area contributed by atoms with E-state index in [1.807, 2.05) is 0 Å². The predicted octanol–water partition coefficient (Wildman–Crippen LogP) is 0.468. The van der Waals surface area contributed by atoms with Crippen LogP contribution >= 0.6 is 0 Å². The van der Waals surface area contributed by atoms with Crippen LogP contribution in [0.1, 0.15) is 48.3 Å². The van der Waals surface area contributed by atoms with Crippen molar-refractivity contribution in [1.82, 2.24) is 20.3 Å². The van der Waals surface area contributed by atoms with Crippen LogP contribution in [0.3, 0.4) is 0 Å². The Morgan fingerprint density at radius 1 is 1.47 bits per heavy atom. The number of nitrogens with zero attached hydrogens (tertiary/aromatic N) is 3. The van der Waals surface area contributed by atoms with E-state index >= 15 is 0 Å². The van der Waals surface area contributed by atoms with Gasteiger partial charge in [-0.3, -0.25) is 4.79 Å². The minimum Gasteiger partial charge on any atom is -0.461 e. The van der Waals surface area contributed by atoms with E-state index in [-0.39, 0.29) is 5.91 Å². The third-order valence-electron chi connectivity index (χ3n) is 3.04. The van der Waals surface area contributed by atoms with Gasteiger partial charge in [0, 0.05) is 19.4 Å². The number of ether oxygens (including phenoxy) is 1. The quantitative estimate of drug-likeness (QED) is 0.756. The smallest absolute Gasteiger partial charge is 0.360 e. The van der Waals surface area contributed by atoms with E-state index in [1.165, 1.54) is 0 Å². The van der Waals surface area contributed by atoms with Crippen molar-refractivity contribution in [2.24, 2.45) is 0 Å². The maximum absolute atomic E-state index is 11.8. The number of rotatable bonds is 6. The van der Waals surface area contributed by atoms with Gasteiger partial charge in [0.15, 0.2) is 5.69 Å². The van der Waals surface area contributed by atoms with Crippen LogP contribution in [0.25, 0.3) is 0 Å². The standard InChI is InChI=1S/C12H18N4O3/c1-3-19-12(18)10-11(8-4-5-8)16(15-14-10)7-6-9(17)13-2/h8H,3-7H2,1-2H3,(H,13,17). The summed E-state index contributed by atoms with van der Waals surface area (Å²) in [6.45, 7) is 2.50. The molecule has 0 unspecified atom stereocenters. The summed E-state index contributed by atoms with van der Waals surface area (Å²) in [4.78, 5) is 23.0. The first-order chi connectivity index (χ1) is 9.17. The van der Waals surface area contributed by atoms with Crippen LogP contribution in [0.5, 0.6) is 0 Å². The van der Waals surface area contributed by atoms with Gasteiger partial charge in [-0.05, 0) is 19.8 Å². The van der Waals surface area contributed by atoms with Crippen molar-refractivity contribution in [3.05, 3.63) is 11.4 Å². The van der Waals surface area contributed by atoms with Crippen LogP contribution in [-0.4, -0.2) is 40.5 Å². The minimum absolute atomic E-state index is 0.0602. The zero-order chi connectivity index (χ0) is 13.8. The molecular weight excluding hydrogens is 248 g/mol. The lowest BCUT2D eigenvalue weighted by molar-refractivity contribution is -0.120. The molecule has 2 rings (SSSR count). The number of amides is 1. The second kappa shape index (κ2) is 5.81. The third kappa shape index (κ3) is 3.10. The topological polar surface area (TPSA) is 86.1 Å². The van der Waals surface area contributed by atoms with Gasteiger partial charge >= 0.3 is 5.97 Å². The first-order valence-corrected chi connectivity index (χ1v) is 6.48. The third-order valence-corrected chi connectivity index (χ3v) is 3.04. The molecule has 1 N–H and O–H groups in total. The number of carbonyl (C=O) groups excluding carboxylic acids is 2. The molecule has 0 spiro atoms. The monoisotopic (exact) mass is 266 g/mol. The number of aryl methyl sites for hydroxylation is 1. The molecule has 1 aromatic heterocycles. The average molecular weight is 266 g/mol. The predicted molar refractivity (Wildman–Crippen MR) is 66.6 cm³/mol. The summed E-state index contributed by atoms with van der Waals surface area (Å²) in [7, 11) is 1.59. The Hall–Kier alpha value is -1.92. The van der Waals surface area contributed by atoms with Gasteiger partial charge in [-0.25, -0.2) is 9.48 Å². The van der Waals surface area contributed by atoms with Crippen LogP contribution in [0.15, 0.2) is 0 Å². The molecule has 0 bridgehead atoms. The molecule has 1 aliphatic carbocycles. The zero-order valence-corrected chi connectivity index (χ0v) is 11.2. The molecular formula is C12H18N4O3. The van der Waals surface area contributed by atoms with Crippen molar-refractivity contribution in [2.75, 3.05) is 13.7 Å². The summed E-state index contributed by atoms with van der Waals surface area (Å²) in [6.07, 6.45) is 2.38. The zero-order valence-electron chi connectivity index (χ0n) is 11.2. The van der Waals surface area contributed by atoms with E-state index in [9.17, 15) is 9.59 Å². The normalized spacial score (nSPS) is 14.2. The lowest BCUT2D eigenvalue weighted by atomic mass is 10.2. The molecule has 7 heteroatoms. The second-order valence-corrected chi connectivity index (χ2v) is 4.46. The van der Waals surface area contributed by atoms with E-state index in [4.69, 9.17) is 4.74 Å². The number of nitrogens with one attached hydrogen (secondary N) is 1. The van der Waals surface area contributed by atoms with Crippen molar-refractivity contribution >= 4 is 11.9 Å². The Labute approximate surface area is 111 Å². The Balaban J connectivity index is 2.15. The molecule has 0 aliphatic heterocycles. The van der Waals surface area contributed by atoms with Gasteiger partial charge in [0.1, 0.15) is 0 Å². The van der Waals surface area contributed by atoms with Crippen LogP contribution in [0, 0.1) is 0 Å². The van der Waals surface area contributed by atoms with E-state index in [2.05, 4.69) is 15.6 Å². The average Bonchev–Trinajstić information content (AvgIpc) is 3.16. The number of hydrogen-bond acceptors (Lipinski definition) is 5. The fourth-order valence-electron chi connectivity index (χ4n) is 1.92. The Kier molecular flexibility index (Phi) is 4.13. The number of hydrogen-bond donors (Lipinski definition) is 1. The second-order valence-electron chi connectivity index (χ2n) is 4.46. The molecule has 0 radical (unpaired) electrons. The Bertz CT molecular complexity index is 479.